The smallest absolute Gasteiger partial charge is 0.343 e. The van der Waals surface area contributed by atoms with Crippen LogP contribution < -0.4 is 5.56 Å². The molecule has 8 nitrogen and oxygen atoms in total. The highest BCUT2D eigenvalue weighted by atomic mass is 16.5. The molecule has 2 N–H and O–H groups in total. The van der Waals surface area contributed by atoms with Gasteiger partial charge in [0.05, 0.1) is 29.7 Å². The molecule has 0 radical (unpaired) electrons. The first-order chi connectivity index (χ1) is 14.7. The van der Waals surface area contributed by atoms with Crippen LogP contribution in [0.5, 0.6) is 0 Å². The van der Waals surface area contributed by atoms with Crippen LogP contribution in [0.4, 0.5) is 5.82 Å². The fraction of sp³-hybridized carbons (Fsp3) is 0.0909. The predicted octanol–water partition coefficient (Wildman–Crippen LogP) is 3.48. The number of aromatic amines is 2. The predicted molar refractivity (Wildman–Crippen MR) is 114 cm³/mol. The van der Waals surface area contributed by atoms with E-state index < -0.39 is 5.97 Å². The largest absolute Gasteiger partial charge is 0.462 e. The third-order valence-electron chi connectivity index (χ3n) is 4.44. The van der Waals surface area contributed by atoms with E-state index >= 15 is 0 Å². The lowest BCUT2D eigenvalue weighted by Gasteiger charge is -2.01. The molecule has 0 atom stereocenters. The Balaban J connectivity index is 1.81. The van der Waals surface area contributed by atoms with Crippen LogP contribution in [-0.4, -0.2) is 38.8 Å². The van der Waals surface area contributed by atoms with Gasteiger partial charge in [0, 0.05) is 11.8 Å². The Morgan fingerprint density at radius 1 is 1.13 bits per heavy atom. The van der Waals surface area contributed by atoms with Gasteiger partial charge in [0.15, 0.2) is 5.82 Å². The Bertz CT molecular complexity index is 1240. The molecule has 0 bridgehead atoms. The first kappa shape index (κ1) is 19.1. The molecular formula is C22H19N5O3. The molecule has 30 heavy (non-hydrogen) atoms. The first-order valence-electron chi connectivity index (χ1n) is 9.39. The summed E-state index contributed by atoms with van der Waals surface area (Å²) < 4.78 is 6.47. The number of esters is 1. The number of ether oxygens (including phenoxy) is 1. The number of nitrogens with zero attached hydrogens (tertiary/aromatic N) is 3. The summed E-state index contributed by atoms with van der Waals surface area (Å²) in [6.07, 6.45) is 2.78. The van der Waals surface area contributed by atoms with E-state index in [-0.39, 0.29) is 23.5 Å². The minimum atomic E-state index is -0.530. The minimum absolute atomic E-state index is 0.202. The first-order valence-corrected chi connectivity index (χ1v) is 9.39. The van der Waals surface area contributed by atoms with Crippen LogP contribution in [-0.2, 0) is 4.74 Å². The summed E-state index contributed by atoms with van der Waals surface area (Å²) in [5, 5.41) is 9.69. The van der Waals surface area contributed by atoms with Crippen molar-refractivity contribution in [3.05, 3.63) is 88.3 Å². The summed E-state index contributed by atoms with van der Waals surface area (Å²) in [7, 11) is 0. The molecule has 0 saturated carbocycles. The van der Waals surface area contributed by atoms with Gasteiger partial charge in [0.2, 0.25) is 0 Å². The fourth-order valence-electron chi connectivity index (χ4n) is 3.02. The molecule has 4 rings (SSSR count). The number of para-hydroxylation sites is 1. The molecule has 0 aliphatic carbocycles. The number of aliphatic imine (C=N–C) groups is 1. The van der Waals surface area contributed by atoms with Crippen molar-refractivity contribution in [1.29, 1.82) is 0 Å². The van der Waals surface area contributed by atoms with Gasteiger partial charge in [-0.3, -0.25) is 15.0 Å². The molecule has 0 unspecified atom stereocenters. The quantitative estimate of drug-likeness (QED) is 0.381. The van der Waals surface area contributed by atoms with E-state index in [2.05, 4.69) is 20.3 Å². The van der Waals surface area contributed by atoms with Crippen molar-refractivity contribution in [3.63, 3.8) is 0 Å². The monoisotopic (exact) mass is 401 g/mol. The zero-order chi connectivity index (χ0) is 20.9. The number of hydrogen-bond donors (Lipinski definition) is 2. The molecule has 0 aliphatic rings. The van der Waals surface area contributed by atoms with Crippen LogP contribution in [0.15, 0.2) is 76.6 Å². The normalized spacial score (nSPS) is 11.1. The van der Waals surface area contributed by atoms with Gasteiger partial charge in [-0.2, -0.15) is 5.10 Å². The Hall–Kier alpha value is -4.20. The summed E-state index contributed by atoms with van der Waals surface area (Å²) in [6.45, 7) is 1.96. The molecule has 0 fully saturated rings. The van der Waals surface area contributed by atoms with Crippen LogP contribution in [0.3, 0.4) is 0 Å². The van der Waals surface area contributed by atoms with E-state index in [0.717, 1.165) is 5.56 Å². The number of aromatic nitrogens is 4. The lowest BCUT2D eigenvalue weighted by Crippen LogP contribution is -2.17. The molecule has 0 saturated heterocycles. The van der Waals surface area contributed by atoms with E-state index in [9.17, 15) is 9.59 Å². The van der Waals surface area contributed by atoms with E-state index in [4.69, 9.17) is 4.74 Å². The van der Waals surface area contributed by atoms with Gasteiger partial charge in [0.1, 0.15) is 5.56 Å². The van der Waals surface area contributed by atoms with Crippen LogP contribution in [0, 0.1) is 0 Å². The van der Waals surface area contributed by atoms with Crippen molar-refractivity contribution in [2.75, 3.05) is 6.61 Å². The number of benzene rings is 2. The van der Waals surface area contributed by atoms with Gasteiger partial charge in [-0.25, -0.2) is 14.5 Å². The van der Waals surface area contributed by atoms with E-state index in [0.29, 0.717) is 16.9 Å². The second-order valence-electron chi connectivity index (χ2n) is 6.35. The topological polar surface area (TPSA) is 105 Å². The summed E-state index contributed by atoms with van der Waals surface area (Å²) in [6, 6.07) is 18.7. The van der Waals surface area contributed by atoms with Gasteiger partial charge in [-0.15, -0.1) is 0 Å². The number of rotatable bonds is 6. The zero-order valence-corrected chi connectivity index (χ0v) is 16.2. The van der Waals surface area contributed by atoms with Crippen LogP contribution in [0.1, 0.15) is 22.8 Å². The summed E-state index contributed by atoms with van der Waals surface area (Å²) in [4.78, 5) is 29.5. The zero-order valence-electron chi connectivity index (χ0n) is 16.2. The van der Waals surface area contributed by atoms with Gasteiger partial charge in [0.25, 0.3) is 5.56 Å². The number of carbonyl (C=O) groups is 1. The number of nitrogens with one attached hydrogen (secondary N) is 2. The van der Waals surface area contributed by atoms with Crippen molar-refractivity contribution in [2.45, 2.75) is 6.92 Å². The molecule has 2 aromatic heterocycles. The highest BCUT2D eigenvalue weighted by Crippen LogP contribution is 2.21. The van der Waals surface area contributed by atoms with Gasteiger partial charge < -0.3 is 4.74 Å². The molecule has 0 spiro atoms. The molecular weight excluding hydrogens is 382 g/mol. The highest BCUT2D eigenvalue weighted by Gasteiger charge is 2.17. The number of H-pyrrole nitrogens is 2. The SMILES string of the molecule is CCOC(=O)c1cn[nH]c1/N=C/c1c(-c2ccccc2)[nH]n(-c2ccccc2)c1=O. The summed E-state index contributed by atoms with van der Waals surface area (Å²) in [5.74, 6) is -0.309. The Morgan fingerprint density at radius 3 is 2.53 bits per heavy atom. The third-order valence-corrected chi connectivity index (χ3v) is 4.44. The van der Waals surface area contributed by atoms with Crippen LogP contribution in [0.25, 0.3) is 16.9 Å². The van der Waals surface area contributed by atoms with Crippen LogP contribution >= 0.6 is 0 Å². The average molecular weight is 401 g/mol. The molecule has 0 amide bonds. The van der Waals surface area contributed by atoms with Crippen molar-refractivity contribution >= 4 is 18.0 Å². The average Bonchev–Trinajstić information content (AvgIpc) is 3.38. The van der Waals surface area contributed by atoms with Crippen molar-refractivity contribution in [3.8, 4) is 16.9 Å². The molecule has 2 heterocycles. The minimum Gasteiger partial charge on any atom is -0.462 e. The maximum Gasteiger partial charge on any atom is 0.343 e. The summed E-state index contributed by atoms with van der Waals surface area (Å²) >= 11 is 0. The van der Waals surface area contributed by atoms with Crippen LogP contribution in [0.2, 0.25) is 0 Å². The van der Waals surface area contributed by atoms with Gasteiger partial charge in [-0.05, 0) is 19.1 Å². The molecule has 2 aromatic carbocycles. The fourth-order valence-corrected chi connectivity index (χ4v) is 3.02. The lowest BCUT2D eigenvalue weighted by atomic mass is 10.1. The maximum atomic E-state index is 13.2. The molecule has 8 heteroatoms. The second kappa shape index (κ2) is 8.44. The van der Waals surface area contributed by atoms with Crippen molar-refractivity contribution < 1.29 is 9.53 Å². The second-order valence-corrected chi connectivity index (χ2v) is 6.35. The Labute approximate surface area is 171 Å². The highest BCUT2D eigenvalue weighted by molar-refractivity contribution is 5.96. The maximum absolute atomic E-state index is 13.2. The van der Waals surface area contributed by atoms with Crippen molar-refractivity contribution in [1.82, 2.24) is 20.0 Å². The Kier molecular flexibility index (Phi) is 5.38. The molecule has 4 aromatic rings. The van der Waals surface area contributed by atoms with E-state index in [1.807, 2.05) is 60.7 Å². The number of carbonyl (C=O) groups excluding carboxylic acids is 1. The molecule has 150 valence electrons. The third kappa shape index (κ3) is 3.70. The lowest BCUT2D eigenvalue weighted by molar-refractivity contribution is 0.0527. The standard InChI is InChI=1S/C22H19N5O3/c1-2-30-22(29)18-14-24-25-20(18)23-13-17-19(15-9-5-3-6-10-15)26-27(21(17)28)16-11-7-4-8-12-16/h3-14,26H,2H2,1H3,(H,24,25)/b23-13+. The molecule has 0 aliphatic heterocycles. The summed E-state index contributed by atoms with van der Waals surface area (Å²) in [5.41, 5.74) is 2.45. The number of hydrogen-bond acceptors (Lipinski definition) is 5. The van der Waals surface area contributed by atoms with E-state index in [1.54, 1.807) is 6.92 Å². The van der Waals surface area contributed by atoms with Crippen molar-refractivity contribution in [2.24, 2.45) is 4.99 Å². The van der Waals surface area contributed by atoms with Gasteiger partial charge >= 0.3 is 5.97 Å². The van der Waals surface area contributed by atoms with E-state index in [1.165, 1.54) is 17.1 Å². The van der Waals surface area contributed by atoms with Gasteiger partial charge in [-0.1, -0.05) is 48.5 Å². The Morgan fingerprint density at radius 2 is 1.83 bits per heavy atom.